The van der Waals surface area contributed by atoms with Crippen LogP contribution in [0, 0.1) is 5.92 Å². The van der Waals surface area contributed by atoms with Crippen molar-refractivity contribution in [3.63, 3.8) is 0 Å². The molecule has 1 atom stereocenters. The summed E-state index contributed by atoms with van der Waals surface area (Å²) in [7, 11) is 0. The summed E-state index contributed by atoms with van der Waals surface area (Å²) in [5.74, 6) is 0.320. The van der Waals surface area contributed by atoms with Crippen molar-refractivity contribution in [2.75, 3.05) is 19.7 Å². The largest absolute Gasteiger partial charge is 0.409 e. The minimum absolute atomic E-state index is 0.0523. The highest BCUT2D eigenvalue weighted by Gasteiger charge is 2.14. The number of hydrogen-bond donors (Lipinski definition) is 3. The Morgan fingerprint density at radius 2 is 2.25 bits per heavy atom. The van der Waals surface area contributed by atoms with Crippen molar-refractivity contribution in [3.05, 3.63) is 0 Å². The van der Waals surface area contributed by atoms with Gasteiger partial charge in [-0.1, -0.05) is 24.9 Å². The summed E-state index contributed by atoms with van der Waals surface area (Å²) in [4.78, 5) is 0. The Kier molecular flexibility index (Phi) is 6.18. The molecule has 5 nitrogen and oxygen atoms in total. The number of amidine groups is 1. The van der Waals surface area contributed by atoms with E-state index >= 15 is 0 Å². The van der Waals surface area contributed by atoms with Gasteiger partial charge in [-0.05, 0) is 12.8 Å². The molecule has 5 heteroatoms. The van der Waals surface area contributed by atoms with Crippen molar-refractivity contribution >= 4 is 5.84 Å². The first-order chi connectivity index (χ1) is 7.74. The van der Waals surface area contributed by atoms with Gasteiger partial charge in [0.05, 0.1) is 12.7 Å². The highest BCUT2D eigenvalue weighted by molar-refractivity contribution is 5.82. The van der Waals surface area contributed by atoms with Crippen molar-refractivity contribution < 1.29 is 9.94 Å². The van der Waals surface area contributed by atoms with Gasteiger partial charge < -0.3 is 21.0 Å². The molecule has 0 aliphatic heterocycles. The van der Waals surface area contributed by atoms with Crippen LogP contribution in [-0.4, -0.2) is 36.8 Å². The molecule has 94 valence electrons. The van der Waals surface area contributed by atoms with Gasteiger partial charge in [0.15, 0.2) is 0 Å². The van der Waals surface area contributed by atoms with Gasteiger partial charge in [-0.3, -0.25) is 0 Å². The molecule has 0 aromatic carbocycles. The van der Waals surface area contributed by atoms with Gasteiger partial charge in [0.25, 0.3) is 0 Å². The minimum atomic E-state index is 0.0523. The zero-order chi connectivity index (χ0) is 11.8. The maximum absolute atomic E-state index is 8.46. The van der Waals surface area contributed by atoms with Crippen molar-refractivity contribution in [2.45, 2.75) is 38.7 Å². The van der Waals surface area contributed by atoms with Gasteiger partial charge in [-0.2, -0.15) is 0 Å². The van der Waals surface area contributed by atoms with Gasteiger partial charge in [0.2, 0.25) is 0 Å². The average Bonchev–Trinajstić information content (AvgIpc) is 2.80. The van der Waals surface area contributed by atoms with E-state index < -0.39 is 0 Å². The molecule has 4 N–H and O–H groups in total. The number of nitrogens with two attached hydrogens (primary N) is 1. The third kappa shape index (κ3) is 4.81. The lowest BCUT2D eigenvalue weighted by Crippen LogP contribution is -2.33. The zero-order valence-electron chi connectivity index (χ0n) is 9.98. The summed E-state index contributed by atoms with van der Waals surface area (Å²) in [5.41, 5.74) is 5.46. The van der Waals surface area contributed by atoms with E-state index in [1.165, 1.54) is 25.7 Å². The first-order valence-electron chi connectivity index (χ1n) is 6.03. The SMILES string of the molecule is CC(CNCCOC1CCCC1)C(N)=NO. The maximum Gasteiger partial charge on any atom is 0.143 e. The Morgan fingerprint density at radius 1 is 1.56 bits per heavy atom. The molecule has 1 rings (SSSR count). The smallest absolute Gasteiger partial charge is 0.143 e. The lowest BCUT2D eigenvalue weighted by molar-refractivity contribution is 0.0603. The number of nitrogens with zero attached hydrogens (tertiary/aromatic N) is 1. The first-order valence-corrected chi connectivity index (χ1v) is 6.03. The van der Waals surface area contributed by atoms with E-state index in [0.717, 1.165) is 13.2 Å². The van der Waals surface area contributed by atoms with Gasteiger partial charge in [-0.15, -0.1) is 0 Å². The highest BCUT2D eigenvalue weighted by atomic mass is 16.5. The lowest BCUT2D eigenvalue weighted by Gasteiger charge is -2.13. The summed E-state index contributed by atoms with van der Waals surface area (Å²) >= 11 is 0. The summed E-state index contributed by atoms with van der Waals surface area (Å²) in [6.45, 7) is 4.19. The van der Waals surface area contributed by atoms with Crippen LogP contribution < -0.4 is 11.1 Å². The Labute approximate surface area is 97.0 Å². The number of oxime groups is 1. The van der Waals surface area contributed by atoms with Crippen LogP contribution in [0.3, 0.4) is 0 Å². The predicted molar refractivity (Wildman–Crippen MR) is 63.7 cm³/mol. The Hall–Kier alpha value is -0.810. The molecule has 0 aromatic rings. The Morgan fingerprint density at radius 3 is 2.88 bits per heavy atom. The van der Waals surface area contributed by atoms with E-state index in [-0.39, 0.29) is 11.8 Å². The van der Waals surface area contributed by atoms with E-state index in [2.05, 4.69) is 10.5 Å². The molecule has 1 fully saturated rings. The van der Waals surface area contributed by atoms with Gasteiger partial charge in [-0.25, -0.2) is 0 Å². The molecule has 16 heavy (non-hydrogen) atoms. The van der Waals surface area contributed by atoms with Gasteiger partial charge >= 0.3 is 0 Å². The summed E-state index contributed by atoms with van der Waals surface area (Å²) in [5, 5.41) is 14.7. The molecule has 0 radical (unpaired) electrons. The fraction of sp³-hybridized carbons (Fsp3) is 0.909. The lowest BCUT2D eigenvalue weighted by atomic mass is 10.1. The van der Waals surface area contributed by atoms with Crippen LogP contribution in [0.4, 0.5) is 0 Å². The number of nitrogens with one attached hydrogen (secondary N) is 1. The van der Waals surface area contributed by atoms with Crippen LogP contribution in [0.5, 0.6) is 0 Å². The van der Waals surface area contributed by atoms with Crippen LogP contribution in [-0.2, 0) is 4.74 Å². The number of hydrogen-bond acceptors (Lipinski definition) is 4. The average molecular weight is 229 g/mol. The third-order valence-corrected chi connectivity index (χ3v) is 3.01. The Bertz CT molecular complexity index is 215. The Balaban J connectivity index is 1.95. The third-order valence-electron chi connectivity index (χ3n) is 3.01. The van der Waals surface area contributed by atoms with Crippen LogP contribution in [0.2, 0.25) is 0 Å². The van der Waals surface area contributed by atoms with E-state index in [0.29, 0.717) is 12.6 Å². The first kappa shape index (κ1) is 13.3. The topological polar surface area (TPSA) is 79.9 Å². The molecule has 1 aliphatic rings. The quantitative estimate of drug-likeness (QED) is 0.199. The predicted octanol–water partition coefficient (Wildman–Crippen LogP) is 0.918. The van der Waals surface area contributed by atoms with Crippen molar-refractivity contribution in [1.29, 1.82) is 0 Å². The van der Waals surface area contributed by atoms with Crippen molar-refractivity contribution in [2.24, 2.45) is 16.8 Å². The molecule has 1 unspecified atom stereocenters. The number of ether oxygens (including phenoxy) is 1. The molecule has 0 amide bonds. The van der Waals surface area contributed by atoms with E-state index in [1.54, 1.807) is 0 Å². The van der Waals surface area contributed by atoms with Gasteiger partial charge in [0.1, 0.15) is 5.84 Å². The number of rotatable bonds is 7. The molecule has 0 saturated heterocycles. The fourth-order valence-electron chi connectivity index (χ4n) is 1.87. The van der Waals surface area contributed by atoms with E-state index in [1.807, 2.05) is 6.92 Å². The molecule has 0 aromatic heterocycles. The normalized spacial score (nSPS) is 20.2. The highest BCUT2D eigenvalue weighted by Crippen LogP contribution is 2.20. The van der Waals surface area contributed by atoms with E-state index in [9.17, 15) is 0 Å². The zero-order valence-corrected chi connectivity index (χ0v) is 9.98. The molecule has 1 saturated carbocycles. The second-order valence-corrected chi connectivity index (χ2v) is 4.41. The van der Waals surface area contributed by atoms with Crippen molar-refractivity contribution in [3.8, 4) is 0 Å². The van der Waals surface area contributed by atoms with Crippen LogP contribution in [0.1, 0.15) is 32.6 Å². The molecule has 1 aliphatic carbocycles. The molecular weight excluding hydrogens is 206 g/mol. The fourth-order valence-corrected chi connectivity index (χ4v) is 1.87. The maximum atomic E-state index is 8.46. The molecule has 0 heterocycles. The van der Waals surface area contributed by atoms with Crippen LogP contribution in [0.15, 0.2) is 5.16 Å². The summed E-state index contributed by atoms with van der Waals surface area (Å²) < 4.78 is 5.70. The molecule has 0 bridgehead atoms. The second kappa shape index (κ2) is 7.46. The second-order valence-electron chi connectivity index (χ2n) is 4.41. The van der Waals surface area contributed by atoms with Crippen LogP contribution >= 0.6 is 0 Å². The van der Waals surface area contributed by atoms with Crippen LogP contribution in [0.25, 0.3) is 0 Å². The monoisotopic (exact) mass is 229 g/mol. The molecule has 0 spiro atoms. The summed E-state index contributed by atoms with van der Waals surface area (Å²) in [6.07, 6.45) is 5.50. The summed E-state index contributed by atoms with van der Waals surface area (Å²) in [6, 6.07) is 0. The standard InChI is InChI=1S/C11H23N3O2/c1-9(11(12)14-15)8-13-6-7-16-10-4-2-3-5-10/h9-10,13,15H,2-8H2,1H3,(H2,12,14). The van der Waals surface area contributed by atoms with Crippen molar-refractivity contribution in [1.82, 2.24) is 5.32 Å². The minimum Gasteiger partial charge on any atom is -0.409 e. The van der Waals surface area contributed by atoms with Gasteiger partial charge in [0, 0.05) is 19.0 Å². The molecular formula is C11H23N3O2. The van der Waals surface area contributed by atoms with E-state index in [4.69, 9.17) is 15.7 Å².